The van der Waals surface area contributed by atoms with E-state index < -0.39 is 0 Å². The number of halogens is 1. The van der Waals surface area contributed by atoms with E-state index in [9.17, 15) is 0 Å². The number of rotatable bonds is 2. The fraction of sp³-hybridized carbons (Fsp3) is 0.533. The zero-order valence-corrected chi connectivity index (χ0v) is 11.7. The molecule has 0 N–H and O–H groups in total. The second-order valence-electron chi connectivity index (χ2n) is 5.46. The van der Waals surface area contributed by atoms with Gasteiger partial charge in [0.1, 0.15) is 0 Å². The lowest BCUT2D eigenvalue weighted by Crippen LogP contribution is -2.38. The summed E-state index contributed by atoms with van der Waals surface area (Å²) < 4.78 is 0. The molecule has 18 heavy (non-hydrogen) atoms. The molecule has 2 rings (SSSR count). The van der Waals surface area contributed by atoms with Gasteiger partial charge in [-0.25, -0.2) is 0 Å². The molecule has 0 saturated carbocycles. The predicted molar refractivity (Wildman–Crippen MR) is 75.9 cm³/mol. The second-order valence-corrected chi connectivity index (χ2v) is 5.87. The minimum Gasteiger partial charge on any atom is -0.371 e. The van der Waals surface area contributed by atoms with Crippen LogP contribution in [0.4, 0.5) is 5.69 Å². The fourth-order valence-electron chi connectivity index (χ4n) is 2.85. The Morgan fingerprint density at radius 1 is 1.33 bits per heavy atom. The molecule has 1 aromatic carbocycles. The van der Waals surface area contributed by atoms with Crippen molar-refractivity contribution in [3.05, 3.63) is 28.8 Å². The lowest BCUT2D eigenvalue weighted by Gasteiger charge is -2.36. The summed E-state index contributed by atoms with van der Waals surface area (Å²) in [6.07, 6.45) is 1.68. The number of piperidine rings is 1. The SMILES string of the molecule is CC1CC(C)CN(c2ccc(Cl)c(CC#N)c2)C1. The zero-order valence-electron chi connectivity index (χ0n) is 11.0. The van der Waals surface area contributed by atoms with Gasteiger partial charge >= 0.3 is 0 Å². The van der Waals surface area contributed by atoms with E-state index in [0.29, 0.717) is 11.4 Å². The largest absolute Gasteiger partial charge is 0.371 e. The highest BCUT2D eigenvalue weighted by atomic mass is 35.5. The van der Waals surface area contributed by atoms with Gasteiger partial charge in [-0.05, 0) is 42.0 Å². The molecule has 1 saturated heterocycles. The average molecular weight is 263 g/mol. The Balaban J connectivity index is 2.22. The first-order valence-corrected chi connectivity index (χ1v) is 6.88. The van der Waals surface area contributed by atoms with Crippen LogP contribution < -0.4 is 4.90 Å². The third kappa shape index (κ3) is 2.97. The molecule has 0 bridgehead atoms. The van der Waals surface area contributed by atoms with Crippen molar-refractivity contribution >= 4 is 17.3 Å². The maximum Gasteiger partial charge on any atom is 0.0670 e. The van der Waals surface area contributed by atoms with E-state index in [-0.39, 0.29) is 0 Å². The maximum atomic E-state index is 8.81. The smallest absolute Gasteiger partial charge is 0.0670 e. The molecule has 0 aliphatic carbocycles. The predicted octanol–water partition coefficient (Wildman–Crippen LogP) is 3.89. The molecule has 2 atom stereocenters. The molecule has 0 aromatic heterocycles. The van der Waals surface area contributed by atoms with Gasteiger partial charge in [-0.15, -0.1) is 0 Å². The first kappa shape index (κ1) is 13.2. The van der Waals surface area contributed by atoms with E-state index in [1.54, 1.807) is 0 Å². The normalized spacial score (nSPS) is 23.8. The molecular formula is C15H19ClN2. The molecule has 1 fully saturated rings. The van der Waals surface area contributed by atoms with E-state index in [0.717, 1.165) is 30.5 Å². The zero-order chi connectivity index (χ0) is 13.1. The average Bonchev–Trinajstić information content (AvgIpc) is 2.31. The van der Waals surface area contributed by atoms with Gasteiger partial charge in [0.15, 0.2) is 0 Å². The summed E-state index contributed by atoms with van der Waals surface area (Å²) in [6, 6.07) is 8.21. The molecule has 2 unspecified atom stereocenters. The van der Waals surface area contributed by atoms with Crippen molar-refractivity contribution in [2.75, 3.05) is 18.0 Å². The van der Waals surface area contributed by atoms with Crippen LogP contribution in [0, 0.1) is 23.2 Å². The highest BCUT2D eigenvalue weighted by Crippen LogP contribution is 2.29. The fourth-order valence-corrected chi connectivity index (χ4v) is 3.04. The summed E-state index contributed by atoms with van der Waals surface area (Å²) in [6.45, 7) is 6.79. The lowest BCUT2D eigenvalue weighted by molar-refractivity contribution is 0.357. The van der Waals surface area contributed by atoms with Crippen LogP contribution in [0.3, 0.4) is 0 Å². The Bertz CT molecular complexity index is 454. The standard InChI is InChI=1S/C15H19ClN2/c1-11-7-12(2)10-18(9-11)14-3-4-15(16)13(8-14)5-6-17/h3-4,8,11-12H,5,7,9-10H2,1-2H3. The van der Waals surface area contributed by atoms with Crippen molar-refractivity contribution < 1.29 is 0 Å². The monoisotopic (exact) mass is 262 g/mol. The van der Waals surface area contributed by atoms with Gasteiger partial charge in [0.2, 0.25) is 0 Å². The number of hydrogen-bond donors (Lipinski definition) is 0. The molecule has 2 nitrogen and oxygen atoms in total. The van der Waals surface area contributed by atoms with Gasteiger partial charge < -0.3 is 4.90 Å². The van der Waals surface area contributed by atoms with Crippen molar-refractivity contribution in [3.8, 4) is 6.07 Å². The summed E-state index contributed by atoms with van der Waals surface area (Å²) in [5.41, 5.74) is 2.13. The van der Waals surface area contributed by atoms with Gasteiger partial charge in [-0.1, -0.05) is 25.4 Å². The molecule has 1 heterocycles. The molecular weight excluding hydrogens is 244 g/mol. The number of nitrogens with zero attached hydrogens (tertiary/aromatic N) is 2. The highest BCUT2D eigenvalue weighted by molar-refractivity contribution is 6.31. The molecule has 1 aromatic rings. The Hall–Kier alpha value is -1.20. The van der Waals surface area contributed by atoms with Gasteiger partial charge in [0, 0.05) is 23.8 Å². The van der Waals surface area contributed by atoms with Crippen LogP contribution in [0.15, 0.2) is 18.2 Å². The topological polar surface area (TPSA) is 27.0 Å². The first-order chi connectivity index (χ1) is 8.60. The molecule has 0 radical (unpaired) electrons. The van der Waals surface area contributed by atoms with Gasteiger partial charge in [-0.3, -0.25) is 0 Å². The van der Waals surface area contributed by atoms with Crippen molar-refractivity contribution in [1.82, 2.24) is 0 Å². The van der Waals surface area contributed by atoms with Crippen LogP contribution in [0.5, 0.6) is 0 Å². The summed E-state index contributed by atoms with van der Waals surface area (Å²) in [5.74, 6) is 1.45. The van der Waals surface area contributed by atoms with Crippen molar-refractivity contribution in [3.63, 3.8) is 0 Å². The first-order valence-electron chi connectivity index (χ1n) is 6.50. The molecule has 96 valence electrons. The van der Waals surface area contributed by atoms with Crippen molar-refractivity contribution in [1.29, 1.82) is 5.26 Å². The van der Waals surface area contributed by atoms with Crippen LogP contribution in [0.2, 0.25) is 5.02 Å². The summed E-state index contributed by atoms with van der Waals surface area (Å²) >= 11 is 6.10. The van der Waals surface area contributed by atoms with E-state index in [4.69, 9.17) is 16.9 Å². The number of hydrogen-bond acceptors (Lipinski definition) is 2. The quantitative estimate of drug-likeness (QED) is 0.809. The second kappa shape index (κ2) is 5.63. The minimum absolute atomic E-state index is 0.381. The van der Waals surface area contributed by atoms with E-state index in [1.165, 1.54) is 12.1 Å². The molecule has 0 spiro atoms. The van der Waals surface area contributed by atoms with Crippen molar-refractivity contribution in [2.45, 2.75) is 26.7 Å². The van der Waals surface area contributed by atoms with Crippen LogP contribution in [-0.4, -0.2) is 13.1 Å². The summed E-state index contributed by atoms with van der Waals surface area (Å²) in [5, 5.41) is 9.50. The highest BCUT2D eigenvalue weighted by Gasteiger charge is 2.22. The Morgan fingerprint density at radius 3 is 2.61 bits per heavy atom. The molecule has 1 aliphatic heterocycles. The van der Waals surface area contributed by atoms with Gasteiger partial charge in [0.25, 0.3) is 0 Å². The maximum absolute atomic E-state index is 8.81. The number of benzene rings is 1. The van der Waals surface area contributed by atoms with Crippen LogP contribution in [-0.2, 0) is 6.42 Å². The Morgan fingerprint density at radius 2 is 2.00 bits per heavy atom. The summed E-state index contributed by atoms with van der Waals surface area (Å²) in [4.78, 5) is 2.41. The lowest BCUT2D eigenvalue weighted by atomic mass is 9.91. The van der Waals surface area contributed by atoms with Crippen LogP contribution in [0.1, 0.15) is 25.8 Å². The van der Waals surface area contributed by atoms with Crippen molar-refractivity contribution in [2.24, 2.45) is 11.8 Å². The molecule has 0 amide bonds. The third-order valence-corrected chi connectivity index (χ3v) is 3.90. The molecule has 1 aliphatic rings. The van der Waals surface area contributed by atoms with E-state index in [2.05, 4.69) is 36.9 Å². The van der Waals surface area contributed by atoms with Crippen LogP contribution in [0.25, 0.3) is 0 Å². The van der Waals surface area contributed by atoms with E-state index >= 15 is 0 Å². The minimum atomic E-state index is 0.381. The van der Waals surface area contributed by atoms with Gasteiger partial charge in [0.05, 0.1) is 12.5 Å². The van der Waals surface area contributed by atoms with Gasteiger partial charge in [-0.2, -0.15) is 5.26 Å². The molecule has 3 heteroatoms. The van der Waals surface area contributed by atoms with Crippen LogP contribution >= 0.6 is 11.6 Å². The number of nitriles is 1. The van der Waals surface area contributed by atoms with E-state index in [1.807, 2.05) is 6.07 Å². The third-order valence-electron chi connectivity index (χ3n) is 3.53. The Labute approximate surface area is 114 Å². The summed E-state index contributed by atoms with van der Waals surface area (Å²) in [7, 11) is 0. The number of anilines is 1. The Kier molecular flexibility index (Phi) is 4.14.